The van der Waals surface area contributed by atoms with Crippen LogP contribution in [0.3, 0.4) is 0 Å². The molecule has 2 rings (SSSR count). The zero-order valence-corrected chi connectivity index (χ0v) is 15.3. The number of hydrogen-bond acceptors (Lipinski definition) is 5. The van der Waals surface area contributed by atoms with Crippen molar-refractivity contribution in [3.05, 3.63) is 47.3 Å². The molecule has 0 saturated carbocycles. The molecule has 0 radical (unpaired) electrons. The Bertz CT molecular complexity index is 631. The lowest BCUT2D eigenvalue weighted by molar-refractivity contribution is -0.187. The molecule has 1 heterocycles. The van der Waals surface area contributed by atoms with Crippen molar-refractivity contribution >= 4 is 17.6 Å². The predicted octanol–water partition coefficient (Wildman–Crippen LogP) is 3.55. The van der Waals surface area contributed by atoms with Crippen LogP contribution in [0, 0.1) is 5.82 Å². The minimum absolute atomic E-state index is 0.0369. The van der Waals surface area contributed by atoms with Crippen LogP contribution in [0.2, 0.25) is 0 Å². The number of rotatable bonds is 7. The van der Waals surface area contributed by atoms with E-state index < -0.39 is 23.5 Å². The summed E-state index contributed by atoms with van der Waals surface area (Å²) in [7, 11) is 1.27. The van der Waals surface area contributed by atoms with E-state index in [0.717, 1.165) is 5.56 Å². The minimum Gasteiger partial charge on any atom is -0.467 e. The first-order valence-corrected chi connectivity index (χ1v) is 8.18. The number of carbonyl (C=O) groups excluding carboxylic acids is 1. The van der Waals surface area contributed by atoms with Gasteiger partial charge in [-0.05, 0) is 31.5 Å². The highest BCUT2D eigenvalue weighted by molar-refractivity contribution is 6.29. The van der Waals surface area contributed by atoms with Gasteiger partial charge in [0.2, 0.25) is 5.60 Å². The lowest BCUT2D eigenvalue weighted by Crippen LogP contribution is -2.50. The molecule has 1 aliphatic rings. The standard InChI is InChI=1S/C18H22ClFO5/c1-12(19)9-18(16(21)22-4)15(24-17(2,3)25-18)11-23-10-13-5-7-14(20)8-6-13/h5-8,15H,1,9-11H2,2-4H3/t15-,18+/m1/s1. The topological polar surface area (TPSA) is 54.0 Å². The number of methoxy groups -OCH3 is 1. The Labute approximate surface area is 151 Å². The Balaban J connectivity index is 2.12. The zero-order valence-electron chi connectivity index (χ0n) is 14.5. The molecule has 25 heavy (non-hydrogen) atoms. The molecule has 5 nitrogen and oxygen atoms in total. The summed E-state index contributed by atoms with van der Waals surface area (Å²) in [5, 5.41) is 0.246. The fraction of sp³-hybridized carbons (Fsp3) is 0.500. The highest BCUT2D eigenvalue weighted by Gasteiger charge is 2.59. The molecule has 1 aromatic rings. The van der Waals surface area contributed by atoms with Gasteiger partial charge in [-0.3, -0.25) is 0 Å². The maximum atomic E-state index is 12.9. The van der Waals surface area contributed by atoms with Crippen molar-refractivity contribution in [3.8, 4) is 0 Å². The van der Waals surface area contributed by atoms with Gasteiger partial charge in [0.05, 0.1) is 20.3 Å². The molecule has 0 spiro atoms. The van der Waals surface area contributed by atoms with E-state index in [9.17, 15) is 9.18 Å². The molecular formula is C18H22ClFO5. The highest BCUT2D eigenvalue weighted by atomic mass is 35.5. The normalized spacial score (nSPS) is 24.9. The second-order valence-electron chi connectivity index (χ2n) is 6.33. The van der Waals surface area contributed by atoms with Gasteiger partial charge >= 0.3 is 5.97 Å². The van der Waals surface area contributed by atoms with E-state index in [1.807, 2.05) is 0 Å². The average Bonchev–Trinajstić information content (AvgIpc) is 2.79. The molecule has 1 aliphatic heterocycles. The Morgan fingerprint density at radius 2 is 2.00 bits per heavy atom. The molecule has 138 valence electrons. The maximum Gasteiger partial charge on any atom is 0.341 e. The van der Waals surface area contributed by atoms with Gasteiger partial charge in [0.15, 0.2) is 5.79 Å². The monoisotopic (exact) mass is 372 g/mol. The van der Waals surface area contributed by atoms with Crippen LogP contribution in [-0.2, 0) is 30.3 Å². The molecule has 0 bridgehead atoms. The molecule has 7 heteroatoms. The Kier molecular flexibility index (Phi) is 6.21. The molecule has 1 fully saturated rings. The van der Waals surface area contributed by atoms with Crippen molar-refractivity contribution in [2.75, 3.05) is 13.7 Å². The van der Waals surface area contributed by atoms with E-state index >= 15 is 0 Å². The van der Waals surface area contributed by atoms with Crippen LogP contribution in [0.4, 0.5) is 4.39 Å². The van der Waals surface area contributed by atoms with E-state index in [1.165, 1.54) is 19.2 Å². The Morgan fingerprint density at radius 1 is 1.36 bits per heavy atom. The molecule has 0 amide bonds. The molecule has 2 atom stereocenters. The van der Waals surface area contributed by atoms with E-state index in [1.54, 1.807) is 26.0 Å². The number of ether oxygens (including phenoxy) is 4. The maximum absolute atomic E-state index is 12.9. The fourth-order valence-corrected chi connectivity index (χ4v) is 3.05. The van der Waals surface area contributed by atoms with Crippen molar-refractivity contribution in [1.29, 1.82) is 0 Å². The van der Waals surface area contributed by atoms with Crippen LogP contribution in [0.25, 0.3) is 0 Å². The van der Waals surface area contributed by atoms with E-state index in [4.69, 9.17) is 30.5 Å². The van der Waals surface area contributed by atoms with Gasteiger partial charge in [-0.1, -0.05) is 30.3 Å². The first kappa shape index (κ1) is 19.8. The number of carbonyl (C=O) groups is 1. The molecule has 1 saturated heterocycles. The predicted molar refractivity (Wildman–Crippen MR) is 90.5 cm³/mol. The fourth-order valence-electron chi connectivity index (χ4n) is 2.85. The van der Waals surface area contributed by atoms with Gasteiger partial charge in [0.1, 0.15) is 11.9 Å². The smallest absolute Gasteiger partial charge is 0.341 e. The SMILES string of the molecule is C=C(Cl)C[C@]1(C(=O)OC)OC(C)(C)O[C@@H]1COCc1ccc(F)cc1. The third-order valence-corrected chi connectivity index (χ3v) is 3.94. The van der Waals surface area contributed by atoms with Crippen LogP contribution in [-0.4, -0.2) is 37.2 Å². The van der Waals surface area contributed by atoms with Crippen LogP contribution >= 0.6 is 11.6 Å². The van der Waals surface area contributed by atoms with Crippen molar-refractivity contribution in [1.82, 2.24) is 0 Å². The first-order chi connectivity index (χ1) is 11.7. The summed E-state index contributed by atoms with van der Waals surface area (Å²) >= 11 is 5.94. The Hall–Kier alpha value is -1.47. The highest BCUT2D eigenvalue weighted by Crippen LogP contribution is 2.42. The lowest BCUT2D eigenvalue weighted by atomic mass is 9.93. The van der Waals surface area contributed by atoms with Crippen molar-refractivity contribution in [3.63, 3.8) is 0 Å². The summed E-state index contributed by atoms with van der Waals surface area (Å²) in [5.74, 6) is -1.93. The van der Waals surface area contributed by atoms with Gasteiger partial charge in [-0.2, -0.15) is 0 Å². The third kappa shape index (κ3) is 4.79. The van der Waals surface area contributed by atoms with Gasteiger partial charge in [-0.15, -0.1) is 0 Å². The molecular weight excluding hydrogens is 351 g/mol. The Morgan fingerprint density at radius 3 is 2.56 bits per heavy atom. The summed E-state index contributed by atoms with van der Waals surface area (Å²) in [6.07, 6.45) is -0.694. The third-order valence-electron chi connectivity index (χ3n) is 3.81. The molecule has 0 aliphatic carbocycles. The lowest BCUT2D eigenvalue weighted by Gasteiger charge is -2.29. The summed E-state index contributed by atoms with van der Waals surface area (Å²) in [4.78, 5) is 12.4. The van der Waals surface area contributed by atoms with Crippen molar-refractivity contribution in [2.45, 2.75) is 44.4 Å². The summed E-state index contributed by atoms with van der Waals surface area (Å²) in [5.41, 5.74) is -0.634. The number of benzene rings is 1. The van der Waals surface area contributed by atoms with E-state index in [-0.39, 0.29) is 30.5 Å². The number of esters is 1. The number of hydrogen-bond donors (Lipinski definition) is 0. The van der Waals surface area contributed by atoms with Crippen molar-refractivity contribution < 1.29 is 28.1 Å². The molecule has 0 unspecified atom stereocenters. The first-order valence-electron chi connectivity index (χ1n) is 7.80. The molecule has 0 N–H and O–H groups in total. The van der Waals surface area contributed by atoms with Crippen LogP contribution < -0.4 is 0 Å². The van der Waals surface area contributed by atoms with Crippen LogP contribution in [0.15, 0.2) is 35.9 Å². The van der Waals surface area contributed by atoms with Gasteiger partial charge in [0, 0.05) is 11.5 Å². The van der Waals surface area contributed by atoms with E-state index in [0.29, 0.717) is 0 Å². The second-order valence-corrected chi connectivity index (χ2v) is 6.86. The van der Waals surface area contributed by atoms with Gasteiger partial charge in [0.25, 0.3) is 0 Å². The average molecular weight is 373 g/mol. The summed E-state index contributed by atoms with van der Waals surface area (Å²) in [6.45, 7) is 7.34. The van der Waals surface area contributed by atoms with Gasteiger partial charge < -0.3 is 18.9 Å². The second kappa shape index (κ2) is 7.83. The van der Waals surface area contributed by atoms with E-state index in [2.05, 4.69) is 6.58 Å². The van der Waals surface area contributed by atoms with Gasteiger partial charge in [-0.25, -0.2) is 9.18 Å². The van der Waals surface area contributed by atoms with Crippen LogP contribution in [0.1, 0.15) is 25.8 Å². The molecule has 1 aromatic carbocycles. The van der Waals surface area contributed by atoms with Crippen molar-refractivity contribution in [2.24, 2.45) is 0 Å². The van der Waals surface area contributed by atoms with Crippen LogP contribution in [0.5, 0.6) is 0 Å². The zero-order chi connectivity index (χ0) is 18.7. The minimum atomic E-state index is -1.43. The summed E-state index contributed by atoms with van der Waals surface area (Å²) in [6, 6.07) is 5.96. The molecule has 0 aromatic heterocycles. The quantitative estimate of drug-likeness (QED) is 0.685. The largest absolute Gasteiger partial charge is 0.467 e. The number of halogens is 2. The summed E-state index contributed by atoms with van der Waals surface area (Å²) < 4.78 is 35.2.